The molecule has 0 fully saturated rings. The fraction of sp³-hybridized carbons (Fsp3) is 0.750. The van der Waals surface area contributed by atoms with E-state index in [0.29, 0.717) is 0 Å². The number of hydrogen-bond acceptors (Lipinski definition) is 7. The van der Waals surface area contributed by atoms with Crippen molar-refractivity contribution in [3.05, 3.63) is 0 Å². The van der Waals surface area contributed by atoms with Crippen molar-refractivity contribution in [3.8, 4) is 0 Å². The predicted octanol–water partition coefficient (Wildman–Crippen LogP) is 1.88. The van der Waals surface area contributed by atoms with E-state index in [-0.39, 0.29) is 0 Å². The van der Waals surface area contributed by atoms with Gasteiger partial charge in [-0.1, -0.05) is 0 Å². The van der Waals surface area contributed by atoms with Crippen molar-refractivity contribution in [2.45, 2.75) is 78.7 Å². The van der Waals surface area contributed by atoms with E-state index in [1.54, 1.807) is 41.5 Å². The zero-order valence-corrected chi connectivity index (χ0v) is 16.0. The summed E-state index contributed by atoms with van der Waals surface area (Å²) < 4.78 is 14.6. The van der Waals surface area contributed by atoms with Gasteiger partial charge >= 0.3 is 24.1 Å². The number of ether oxygens (including phenoxy) is 3. The van der Waals surface area contributed by atoms with Crippen LogP contribution in [0.15, 0.2) is 0 Å². The van der Waals surface area contributed by atoms with Crippen LogP contribution in [0.3, 0.4) is 0 Å². The van der Waals surface area contributed by atoms with Crippen LogP contribution in [0.4, 0.5) is 9.59 Å². The Morgan fingerprint density at radius 3 is 1.20 bits per heavy atom. The molecule has 0 aromatic carbocycles. The number of rotatable bonds is 4. The number of hydrogen-bond donors (Lipinski definition) is 2. The Morgan fingerprint density at radius 1 is 0.680 bits per heavy atom. The van der Waals surface area contributed by atoms with E-state index >= 15 is 0 Å². The molecule has 0 saturated carbocycles. The van der Waals surface area contributed by atoms with E-state index in [0.717, 1.165) is 0 Å². The molecule has 9 nitrogen and oxygen atoms in total. The predicted molar refractivity (Wildman–Crippen MR) is 88.8 cm³/mol. The SMILES string of the molecule is CC(NC(=O)OC(C)(C)C)C(=O)OC(=O)C(C)NC(=O)OC(C)(C)C. The minimum atomic E-state index is -1.10. The Kier molecular flexibility index (Phi) is 7.88. The van der Waals surface area contributed by atoms with Crippen LogP contribution in [0, 0.1) is 0 Å². The molecular formula is C16H28N2O7. The topological polar surface area (TPSA) is 120 Å². The van der Waals surface area contributed by atoms with Crippen LogP contribution in [0.25, 0.3) is 0 Å². The largest absolute Gasteiger partial charge is 0.444 e. The number of alkyl carbamates (subject to hydrolysis) is 2. The number of nitrogens with one attached hydrogen (secondary N) is 2. The van der Waals surface area contributed by atoms with Gasteiger partial charge < -0.3 is 24.8 Å². The second-order valence-electron chi connectivity index (χ2n) is 7.48. The van der Waals surface area contributed by atoms with E-state index in [1.165, 1.54) is 13.8 Å². The van der Waals surface area contributed by atoms with Crippen LogP contribution >= 0.6 is 0 Å². The molecule has 0 saturated heterocycles. The minimum absolute atomic E-state index is 0.727. The van der Waals surface area contributed by atoms with Crippen molar-refractivity contribution in [1.82, 2.24) is 10.6 Å². The fourth-order valence-electron chi connectivity index (χ4n) is 1.36. The summed E-state index contributed by atoms with van der Waals surface area (Å²) in [7, 11) is 0. The summed E-state index contributed by atoms with van der Waals surface area (Å²) in [6, 6.07) is -2.21. The third kappa shape index (κ3) is 11.0. The summed E-state index contributed by atoms with van der Waals surface area (Å²) in [6.07, 6.45) is -1.63. The first kappa shape index (κ1) is 22.7. The fourth-order valence-corrected chi connectivity index (χ4v) is 1.36. The maximum atomic E-state index is 11.8. The highest BCUT2D eigenvalue weighted by Crippen LogP contribution is 2.08. The first-order chi connectivity index (χ1) is 11.1. The molecule has 0 bridgehead atoms. The Bertz CT molecular complexity index is 472. The molecule has 2 unspecified atom stereocenters. The van der Waals surface area contributed by atoms with Gasteiger partial charge in [-0.3, -0.25) is 0 Å². The highest BCUT2D eigenvalue weighted by Gasteiger charge is 2.27. The van der Waals surface area contributed by atoms with E-state index in [2.05, 4.69) is 15.4 Å². The second kappa shape index (κ2) is 8.68. The average Bonchev–Trinajstić information content (AvgIpc) is 2.33. The maximum absolute atomic E-state index is 11.8. The highest BCUT2D eigenvalue weighted by molar-refractivity contribution is 5.93. The Morgan fingerprint density at radius 2 is 0.960 bits per heavy atom. The van der Waals surface area contributed by atoms with E-state index in [9.17, 15) is 19.2 Å². The van der Waals surface area contributed by atoms with Crippen LogP contribution in [0.1, 0.15) is 55.4 Å². The van der Waals surface area contributed by atoms with Gasteiger partial charge in [0.15, 0.2) is 0 Å². The van der Waals surface area contributed by atoms with Gasteiger partial charge in [-0.25, -0.2) is 19.2 Å². The standard InChI is InChI=1S/C16H28N2O7/c1-9(17-13(21)24-15(3,4)5)11(19)23-12(20)10(2)18-14(22)25-16(6,7)8/h9-10H,1-8H3,(H,17,21)(H,18,22). The molecule has 0 heterocycles. The molecule has 0 aliphatic heterocycles. The van der Waals surface area contributed by atoms with Gasteiger partial charge in [-0.2, -0.15) is 0 Å². The van der Waals surface area contributed by atoms with Gasteiger partial charge in [0.05, 0.1) is 0 Å². The monoisotopic (exact) mass is 360 g/mol. The molecule has 0 aromatic rings. The second-order valence-corrected chi connectivity index (χ2v) is 7.48. The summed E-state index contributed by atoms with van der Waals surface area (Å²) in [5.41, 5.74) is -1.45. The Labute approximate surface area is 147 Å². The highest BCUT2D eigenvalue weighted by atomic mass is 16.6. The Balaban J connectivity index is 4.46. The third-order valence-corrected chi connectivity index (χ3v) is 2.37. The molecule has 144 valence electrons. The molecule has 9 heteroatoms. The van der Waals surface area contributed by atoms with Gasteiger partial charge in [0.2, 0.25) is 0 Å². The molecule has 0 aliphatic carbocycles. The quantitative estimate of drug-likeness (QED) is 0.446. The van der Waals surface area contributed by atoms with E-state index in [4.69, 9.17) is 9.47 Å². The summed E-state index contributed by atoms with van der Waals surface area (Å²) in [4.78, 5) is 46.8. The van der Waals surface area contributed by atoms with Gasteiger partial charge in [0, 0.05) is 0 Å². The van der Waals surface area contributed by atoms with Crippen molar-refractivity contribution in [1.29, 1.82) is 0 Å². The van der Waals surface area contributed by atoms with Crippen LogP contribution < -0.4 is 10.6 Å². The number of amides is 2. The molecule has 25 heavy (non-hydrogen) atoms. The molecular weight excluding hydrogens is 332 g/mol. The van der Waals surface area contributed by atoms with E-state index in [1.807, 2.05) is 0 Å². The molecule has 2 N–H and O–H groups in total. The van der Waals surface area contributed by atoms with Gasteiger partial charge in [-0.05, 0) is 55.4 Å². The van der Waals surface area contributed by atoms with Crippen LogP contribution in [0.2, 0.25) is 0 Å². The molecule has 0 radical (unpaired) electrons. The molecule has 2 amide bonds. The molecule has 0 aliphatic rings. The van der Waals surface area contributed by atoms with Gasteiger partial charge in [0.1, 0.15) is 23.3 Å². The van der Waals surface area contributed by atoms with Crippen LogP contribution in [-0.4, -0.2) is 47.4 Å². The van der Waals surface area contributed by atoms with Gasteiger partial charge in [0.25, 0.3) is 0 Å². The van der Waals surface area contributed by atoms with E-state index < -0.39 is 47.4 Å². The molecule has 2 atom stereocenters. The maximum Gasteiger partial charge on any atom is 0.408 e. The molecule has 0 rings (SSSR count). The summed E-state index contributed by atoms with van der Waals surface area (Å²) in [5.74, 6) is -1.96. The normalized spacial score (nSPS) is 13.9. The van der Waals surface area contributed by atoms with Gasteiger partial charge in [-0.15, -0.1) is 0 Å². The zero-order chi connectivity index (χ0) is 20.0. The smallest absolute Gasteiger partial charge is 0.408 e. The third-order valence-electron chi connectivity index (χ3n) is 2.37. The number of carbonyl (C=O) groups is 4. The summed E-state index contributed by atoms with van der Waals surface area (Å²) in [5, 5.41) is 4.50. The van der Waals surface area contributed by atoms with Crippen LogP contribution in [0.5, 0.6) is 0 Å². The lowest BCUT2D eigenvalue weighted by atomic mass is 10.2. The zero-order valence-electron chi connectivity index (χ0n) is 16.0. The Hall–Kier alpha value is -2.32. The molecule has 0 aromatic heterocycles. The minimum Gasteiger partial charge on any atom is -0.444 e. The number of carbonyl (C=O) groups excluding carboxylic acids is 4. The average molecular weight is 360 g/mol. The first-order valence-corrected chi connectivity index (χ1v) is 7.85. The van der Waals surface area contributed by atoms with Crippen LogP contribution in [-0.2, 0) is 23.8 Å². The van der Waals surface area contributed by atoms with Crippen molar-refractivity contribution >= 4 is 24.1 Å². The first-order valence-electron chi connectivity index (χ1n) is 7.85. The lowest BCUT2D eigenvalue weighted by Gasteiger charge is -2.22. The van der Waals surface area contributed by atoms with Crippen molar-refractivity contribution in [3.63, 3.8) is 0 Å². The van der Waals surface area contributed by atoms with Crippen molar-refractivity contribution in [2.24, 2.45) is 0 Å². The molecule has 0 spiro atoms. The van der Waals surface area contributed by atoms with Crippen molar-refractivity contribution < 1.29 is 33.4 Å². The number of esters is 2. The lowest BCUT2D eigenvalue weighted by Crippen LogP contribution is -2.46. The summed E-state index contributed by atoms with van der Waals surface area (Å²) >= 11 is 0. The lowest BCUT2D eigenvalue weighted by molar-refractivity contribution is -0.162. The summed E-state index contributed by atoms with van der Waals surface area (Å²) in [6.45, 7) is 12.7. The van der Waals surface area contributed by atoms with Crippen molar-refractivity contribution in [2.75, 3.05) is 0 Å².